The van der Waals surface area contributed by atoms with Crippen molar-refractivity contribution in [3.8, 4) is 5.75 Å². The van der Waals surface area contributed by atoms with E-state index >= 15 is 0 Å². The van der Waals surface area contributed by atoms with E-state index in [4.69, 9.17) is 32.7 Å². The van der Waals surface area contributed by atoms with Crippen molar-refractivity contribution in [3.63, 3.8) is 0 Å². The number of ether oxygens (including phenoxy) is 2. The maximum absolute atomic E-state index is 12.0. The number of hydrogen-bond acceptors (Lipinski definition) is 4. The van der Waals surface area contributed by atoms with Crippen LogP contribution in [0.4, 0.5) is 0 Å². The second kappa shape index (κ2) is 10.3. The average Bonchev–Trinajstić information content (AvgIpc) is 2.55. The van der Waals surface area contributed by atoms with Gasteiger partial charge in [-0.2, -0.15) is 0 Å². The van der Waals surface area contributed by atoms with Gasteiger partial charge in [0.1, 0.15) is 5.75 Å². The van der Waals surface area contributed by atoms with Crippen LogP contribution in [0.3, 0.4) is 0 Å². The number of rotatable bonds is 7. The largest absolute Gasteiger partial charge is 0.484 e. The summed E-state index contributed by atoms with van der Waals surface area (Å²) in [6, 6.07) is 4.91. The molecule has 2 rings (SSSR count). The minimum atomic E-state index is -0.162. The van der Waals surface area contributed by atoms with Crippen molar-refractivity contribution in [2.45, 2.75) is 12.8 Å². The maximum atomic E-state index is 12.0. The van der Waals surface area contributed by atoms with Crippen LogP contribution < -0.4 is 15.4 Å². The summed E-state index contributed by atoms with van der Waals surface area (Å²) >= 11 is 11.8. The molecule has 1 heterocycles. The molecule has 1 fully saturated rings. The zero-order chi connectivity index (χ0) is 16.7. The number of piperidine rings is 1. The fourth-order valence-corrected chi connectivity index (χ4v) is 2.98. The zero-order valence-corrected chi connectivity index (χ0v) is 15.9. The molecular weight excluding hydrogens is 375 g/mol. The van der Waals surface area contributed by atoms with Crippen molar-refractivity contribution in [3.05, 3.63) is 28.2 Å². The van der Waals surface area contributed by atoms with Gasteiger partial charge in [0.2, 0.25) is 0 Å². The zero-order valence-electron chi connectivity index (χ0n) is 13.6. The molecule has 0 spiro atoms. The van der Waals surface area contributed by atoms with Gasteiger partial charge in [0.15, 0.2) is 6.61 Å². The molecule has 136 valence electrons. The van der Waals surface area contributed by atoms with E-state index in [9.17, 15) is 4.79 Å². The Hall–Kier alpha value is -0.720. The first-order valence-electron chi connectivity index (χ1n) is 7.59. The minimum absolute atomic E-state index is 0. The molecule has 0 saturated carbocycles. The normalized spacial score (nSPS) is 16.1. The van der Waals surface area contributed by atoms with Gasteiger partial charge >= 0.3 is 0 Å². The molecular formula is C16H23Cl3N2O3. The fourth-order valence-electron chi connectivity index (χ4n) is 2.69. The molecule has 1 aliphatic rings. The van der Waals surface area contributed by atoms with Gasteiger partial charge in [-0.1, -0.05) is 23.2 Å². The number of benzene rings is 1. The predicted molar refractivity (Wildman–Crippen MR) is 98.6 cm³/mol. The Kier molecular flexibility index (Phi) is 9.16. The van der Waals surface area contributed by atoms with Crippen molar-refractivity contribution in [1.82, 2.24) is 10.6 Å². The summed E-state index contributed by atoms with van der Waals surface area (Å²) < 4.78 is 10.8. The van der Waals surface area contributed by atoms with Crippen molar-refractivity contribution in [2.75, 3.05) is 40.0 Å². The number of carbonyl (C=O) groups excluding carboxylic acids is 1. The molecule has 24 heavy (non-hydrogen) atoms. The molecule has 2 N–H and O–H groups in total. The van der Waals surface area contributed by atoms with Crippen molar-refractivity contribution < 1.29 is 14.3 Å². The van der Waals surface area contributed by atoms with E-state index in [1.165, 1.54) is 0 Å². The third kappa shape index (κ3) is 6.30. The first kappa shape index (κ1) is 21.3. The van der Waals surface area contributed by atoms with Crippen LogP contribution in [0.15, 0.2) is 18.2 Å². The van der Waals surface area contributed by atoms with E-state index in [0.717, 1.165) is 25.9 Å². The van der Waals surface area contributed by atoms with E-state index in [1.54, 1.807) is 25.3 Å². The van der Waals surface area contributed by atoms with Gasteiger partial charge in [0.25, 0.3) is 5.91 Å². The Labute approximate surface area is 158 Å². The predicted octanol–water partition coefficient (Wildman–Crippen LogP) is 2.93. The second-order valence-electron chi connectivity index (χ2n) is 5.82. The standard InChI is InChI=1S/C16H22Cl2N2O3.ClH/c1-22-11-16(4-6-19-7-5-16)10-20-15(21)9-23-12-2-3-13(17)14(18)8-12;/h2-3,8,19H,4-7,9-11H2,1H3,(H,20,21);1H. The first-order valence-corrected chi connectivity index (χ1v) is 8.34. The number of hydrogen-bond donors (Lipinski definition) is 2. The van der Waals surface area contributed by atoms with Crippen LogP contribution in [0.1, 0.15) is 12.8 Å². The molecule has 8 heteroatoms. The van der Waals surface area contributed by atoms with Crippen LogP contribution in [0.5, 0.6) is 5.75 Å². The maximum Gasteiger partial charge on any atom is 0.257 e. The number of methoxy groups -OCH3 is 1. The average molecular weight is 398 g/mol. The van der Waals surface area contributed by atoms with E-state index in [0.29, 0.717) is 28.9 Å². The van der Waals surface area contributed by atoms with Gasteiger partial charge in [-0.15, -0.1) is 12.4 Å². The van der Waals surface area contributed by atoms with E-state index in [-0.39, 0.29) is 30.3 Å². The second-order valence-corrected chi connectivity index (χ2v) is 6.64. The monoisotopic (exact) mass is 396 g/mol. The smallest absolute Gasteiger partial charge is 0.257 e. The highest BCUT2D eigenvalue weighted by atomic mass is 35.5. The summed E-state index contributed by atoms with van der Waals surface area (Å²) in [6.07, 6.45) is 1.96. The van der Waals surface area contributed by atoms with Crippen molar-refractivity contribution >= 4 is 41.5 Å². The van der Waals surface area contributed by atoms with Crippen LogP contribution in [0.25, 0.3) is 0 Å². The molecule has 0 bridgehead atoms. The lowest BCUT2D eigenvalue weighted by Crippen LogP contribution is -2.47. The SMILES string of the molecule is COCC1(CNC(=O)COc2ccc(Cl)c(Cl)c2)CCNCC1.Cl. The van der Waals surface area contributed by atoms with Crippen molar-refractivity contribution in [1.29, 1.82) is 0 Å². The molecule has 1 saturated heterocycles. The van der Waals surface area contributed by atoms with Crippen LogP contribution in [-0.4, -0.2) is 45.9 Å². The molecule has 5 nitrogen and oxygen atoms in total. The molecule has 0 atom stereocenters. The summed E-state index contributed by atoms with van der Waals surface area (Å²) in [5.74, 6) is 0.355. The summed E-state index contributed by atoms with van der Waals surface area (Å²) in [6.45, 7) is 3.06. The molecule has 0 aromatic heterocycles. The molecule has 1 aromatic rings. The Morgan fingerprint density at radius 3 is 2.62 bits per heavy atom. The number of carbonyl (C=O) groups is 1. The van der Waals surface area contributed by atoms with E-state index in [1.807, 2.05) is 0 Å². The first-order chi connectivity index (χ1) is 11.0. The topological polar surface area (TPSA) is 59.6 Å². The highest BCUT2D eigenvalue weighted by Crippen LogP contribution is 2.28. The van der Waals surface area contributed by atoms with Gasteiger partial charge in [0.05, 0.1) is 16.7 Å². The number of amides is 1. The van der Waals surface area contributed by atoms with Gasteiger partial charge < -0.3 is 20.1 Å². The van der Waals surface area contributed by atoms with Gasteiger partial charge in [-0.25, -0.2) is 0 Å². The Morgan fingerprint density at radius 2 is 2.00 bits per heavy atom. The molecule has 0 aliphatic carbocycles. The quantitative estimate of drug-likeness (QED) is 0.743. The minimum Gasteiger partial charge on any atom is -0.484 e. The number of halogens is 3. The molecule has 1 amide bonds. The highest BCUT2D eigenvalue weighted by molar-refractivity contribution is 6.42. The van der Waals surface area contributed by atoms with Crippen molar-refractivity contribution in [2.24, 2.45) is 5.41 Å². The van der Waals surface area contributed by atoms with Gasteiger partial charge in [-0.3, -0.25) is 4.79 Å². The molecule has 1 aliphatic heterocycles. The van der Waals surface area contributed by atoms with Crippen LogP contribution in [-0.2, 0) is 9.53 Å². The fraction of sp³-hybridized carbons (Fsp3) is 0.562. The van der Waals surface area contributed by atoms with E-state index in [2.05, 4.69) is 10.6 Å². The van der Waals surface area contributed by atoms with Crippen LogP contribution in [0.2, 0.25) is 10.0 Å². The Morgan fingerprint density at radius 1 is 1.29 bits per heavy atom. The Bertz CT molecular complexity index is 532. The molecule has 0 unspecified atom stereocenters. The summed E-state index contributed by atoms with van der Waals surface area (Å²) in [5.41, 5.74) is -0.000754. The third-order valence-electron chi connectivity index (χ3n) is 4.04. The number of nitrogens with one attached hydrogen (secondary N) is 2. The van der Waals surface area contributed by atoms with Crippen LogP contribution in [0, 0.1) is 5.41 Å². The molecule has 0 radical (unpaired) electrons. The van der Waals surface area contributed by atoms with Gasteiger partial charge in [0, 0.05) is 25.1 Å². The highest BCUT2D eigenvalue weighted by Gasteiger charge is 2.32. The third-order valence-corrected chi connectivity index (χ3v) is 4.78. The lowest BCUT2D eigenvalue weighted by atomic mass is 9.79. The summed E-state index contributed by atoms with van der Waals surface area (Å²) in [4.78, 5) is 12.0. The Balaban J connectivity index is 0.00000288. The summed E-state index contributed by atoms with van der Waals surface area (Å²) in [5, 5.41) is 7.13. The molecule has 1 aromatic carbocycles. The van der Waals surface area contributed by atoms with E-state index < -0.39 is 0 Å². The van der Waals surface area contributed by atoms with Crippen LogP contribution >= 0.6 is 35.6 Å². The summed E-state index contributed by atoms with van der Waals surface area (Å²) in [7, 11) is 1.69. The lowest BCUT2D eigenvalue weighted by molar-refractivity contribution is -0.124. The van der Waals surface area contributed by atoms with Gasteiger partial charge in [-0.05, 0) is 38.1 Å². The lowest BCUT2D eigenvalue weighted by Gasteiger charge is -2.37.